The topological polar surface area (TPSA) is 34.2 Å². The molecule has 2 rings (SSSR count). The fourth-order valence-corrected chi connectivity index (χ4v) is 2.37. The van der Waals surface area contributed by atoms with Crippen molar-refractivity contribution in [1.82, 2.24) is 10.3 Å². The number of hydrogen-bond donors (Lipinski definition) is 1. The van der Waals surface area contributed by atoms with Crippen molar-refractivity contribution < 1.29 is 9.13 Å². The SMILES string of the molecule is CCCNC(c1ccc(Cl)cc1F)c1ccncc1OC. The Balaban J connectivity index is 2.47. The van der Waals surface area contributed by atoms with Crippen molar-refractivity contribution in [2.24, 2.45) is 0 Å². The van der Waals surface area contributed by atoms with Crippen LogP contribution in [-0.2, 0) is 0 Å². The molecule has 1 N–H and O–H groups in total. The van der Waals surface area contributed by atoms with Crippen LogP contribution in [0.2, 0.25) is 5.02 Å². The minimum atomic E-state index is -0.338. The number of rotatable bonds is 6. The van der Waals surface area contributed by atoms with E-state index in [9.17, 15) is 4.39 Å². The molecule has 0 aliphatic rings. The Morgan fingerprint density at radius 3 is 2.81 bits per heavy atom. The highest BCUT2D eigenvalue weighted by Gasteiger charge is 2.21. The lowest BCUT2D eigenvalue weighted by atomic mass is 9.98. The lowest BCUT2D eigenvalue weighted by Gasteiger charge is -2.22. The Kier molecular flexibility index (Phi) is 5.53. The Bertz CT molecular complexity index is 607. The zero-order valence-electron chi connectivity index (χ0n) is 12.1. The molecule has 2 aromatic rings. The van der Waals surface area contributed by atoms with Gasteiger partial charge >= 0.3 is 0 Å². The summed E-state index contributed by atoms with van der Waals surface area (Å²) in [7, 11) is 1.58. The molecule has 0 aliphatic heterocycles. The summed E-state index contributed by atoms with van der Waals surface area (Å²) in [6.45, 7) is 2.82. The molecule has 0 spiro atoms. The van der Waals surface area contributed by atoms with Gasteiger partial charge in [-0.05, 0) is 31.2 Å². The Morgan fingerprint density at radius 1 is 1.33 bits per heavy atom. The maximum atomic E-state index is 14.3. The Morgan fingerprint density at radius 2 is 2.14 bits per heavy atom. The van der Waals surface area contributed by atoms with Crippen molar-refractivity contribution in [3.63, 3.8) is 0 Å². The van der Waals surface area contributed by atoms with Crippen molar-refractivity contribution in [1.29, 1.82) is 0 Å². The number of aromatic nitrogens is 1. The van der Waals surface area contributed by atoms with Gasteiger partial charge in [0.1, 0.15) is 11.6 Å². The fraction of sp³-hybridized carbons (Fsp3) is 0.312. The van der Waals surface area contributed by atoms with Crippen LogP contribution in [0.1, 0.15) is 30.5 Å². The van der Waals surface area contributed by atoms with E-state index >= 15 is 0 Å². The van der Waals surface area contributed by atoms with E-state index in [1.807, 2.05) is 6.07 Å². The van der Waals surface area contributed by atoms with E-state index in [-0.39, 0.29) is 11.9 Å². The molecule has 21 heavy (non-hydrogen) atoms. The van der Waals surface area contributed by atoms with Crippen molar-refractivity contribution in [2.75, 3.05) is 13.7 Å². The molecule has 0 bridgehead atoms. The van der Waals surface area contributed by atoms with Crippen LogP contribution in [0.3, 0.4) is 0 Å². The van der Waals surface area contributed by atoms with Crippen LogP contribution in [0.25, 0.3) is 0 Å². The highest BCUT2D eigenvalue weighted by Crippen LogP contribution is 2.31. The van der Waals surface area contributed by atoms with Gasteiger partial charge in [0, 0.05) is 22.3 Å². The van der Waals surface area contributed by atoms with Crippen LogP contribution in [0, 0.1) is 5.82 Å². The third-order valence-corrected chi connectivity index (χ3v) is 3.45. The second-order valence-electron chi connectivity index (χ2n) is 4.67. The van der Waals surface area contributed by atoms with Crippen molar-refractivity contribution in [3.8, 4) is 5.75 Å². The first-order valence-corrected chi connectivity index (χ1v) is 7.21. The van der Waals surface area contributed by atoms with E-state index in [0.717, 1.165) is 18.5 Å². The molecule has 0 radical (unpaired) electrons. The summed E-state index contributed by atoms with van der Waals surface area (Å²) in [6.07, 6.45) is 4.25. The van der Waals surface area contributed by atoms with Crippen LogP contribution in [0.5, 0.6) is 5.75 Å². The van der Waals surface area contributed by atoms with Gasteiger partial charge in [0.2, 0.25) is 0 Å². The quantitative estimate of drug-likeness (QED) is 0.876. The van der Waals surface area contributed by atoms with Crippen LogP contribution in [0.15, 0.2) is 36.7 Å². The average Bonchev–Trinajstić information content (AvgIpc) is 2.49. The molecule has 112 valence electrons. The third kappa shape index (κ3) is 3.71. The van der Waals surface area contributed by atoms with Gasteiger partial charge in [-0.3, -0.25) is 4.98 Å². The molecular formula is C16H18ClFN2O. The van der Waals surface area contributed by atoms with Gasteiger partial charge < -0.3 is 10.1 Å². The predicted molar refractivity (Wildman–Crippen MR) is 82.3 cm³/mol. The zero-order chi connectivity index (χ0) is 15.2. The lowest BCUT2D eigenvalue weighted by molar-refractivity contribution is 0.400. The zero-order valence-corrected chi connectivity index (χ0v) is 12.8. The number of nitrogens with one attached hydrogen (secondary N) is 1. The molecule has 1 atom stereocenters. The highest BCUT2D eigenvalue weighted by atomic mass is 35.5. The molecule has 0 amide bonds. The molecular weight excluding hydrogens is 291 g/mol. The molecule has 3 nitrogen and oxygen atoms in total. The highest BCUT2D eigenvalue weighted by molar-refractivity contribution is 6.30. The van der Waals surface area contributed by atoms with E-state index < -0.39 is 0 Å². The number of hydrogen-bond acceptors (Lipinski definition) is 3. The molecule has 0 saturated carbocycles. The van der Waals surface area contributed by atoms with Crippen molar-refractivity contribution in [3.05, 3.63) is 58.6 Å². The van der Waals surface area contributed by atoms with Crippen LogP contribution < -0.4 is 10.1 Å². The van der Waals surface area contributed by atoms with Gasteiger partial charge in [-0.15, -0.1) is 0 Å². The maximum absolute atomic E-state index is 14.3. The molecule has 1 aromatic carbocycles. The molecule has 5 heteroatoms. The summed E-state index contributed by atoms with van der Waals surface area (Å²) in [5, 5.41) is 3.73. The van der Waals surface area contributed by atoms with E-state index in [1.54, 1.807) is 31.6 Å². The number of methoxy groups -OCH3 is 1. The summed E-state index contributed by atoms with van der Waals surface area (Å²) >= 11 is 5.84. The van der Waals surface area contributed by atoms with Gasteiger partial charge in [0.05, 0.1) is 19.3 Å². The Labute approximate surface area is 129 Å². The van der Waals surface area contributed by atoms with Crippen LogP contribution in [0.4, 0.5) is 4.39 Å². The second-order valence-corrected chi connectivity index (χ2v) is 5.11. The average molecular weight is 309 g/mol. The molecule has 1 aromatic heterocycles. The van der Waals surface area contributed by atoms with Gasteiger partial charge in [-0.25, -0.2) is 4.39 Å². The second kappa shape index (κ2) is 7.38. The minimum Gasteiger partial charge on any atom is -0.495 e. The summed E-state index contributed by atoms with van der Waals surface area (Å²) in [5.41, 5.74) is 1.39. The van der Waals surface area contributed by atoms with Crippen LogP contribution in [-0.4, -0.2) is 18.6 Å². The van der Waals surface area contributed by atoms with Gasteiger partial charge in [-0.2, -0.15) is 0 Å². The van der Waals surface area contributed by atoms with Gasteiger partial charge in [0.25, 0.3) is 0 Å². The summed E-state index contributed by atoms with van der Waals surface area (Å²) in [4.78, 5) is 4.04. The first-order valence-electron chi connectivity index (χ1n) is 6.83. The number of pyridine rings is 1. The molecule has 0 saturated heterocycles. The largest absolute Gasteiger partial charge is 0.495 e. The first-order chi connectivity index (χ1) is 10.2. The number of nitrogens with zero attached hydrogens (tertiary/aromatic N) is 1. The summed E-state index contributed by atoms with van der Waals surface area (Å²) in [6, 6.07) is 6.24. The van der Waals surface area contributed by atoms with Crippen LogP contribution >= 0.6 is 11.6 Å². The van der Waals surface area contributed by atoms with E-state index in [2.05, 4.69) is 17.2 Å². The fourth-order valence-electron chi connectivity index (χ4n) is 2.21. The van der Waals surface area contributed by atoms with Crippen molar-refractivity contribution in [2.45, 2.75) is 19.4 Å². The number of ether oxygens (including phenoxy) is 1. The monoisotopic (exact) mass is 308 g/mol. The molecule has 1 unspecified atom stereocenters. The Hall–Kier alpha value is -1.65. The molecule has 0 fully saturated rings. The van der Waals surface area contributed by atoms with Gasteiger partial charge in [-0.1, -0.05) is 24.6 Å². The summed E-state index contributed by atoms with van der Waals surface area (Å²) < 4.78 is 19.6. The van der Waals surface area contributed by atoms with E-state index in [0.29, 0.717) is 16.3 Å². The number of halogens is 2. The predicted octanol–water partition coefficient (Wildman–Crippen LogP) is 3.97. The van der Waals surface area contributed by atoms with Gasteiger partial charge in [0.15, 0.2) is 0 Å². The smallest absolute Gasteiger partial charge is 0.142 e. The molecule has 1 heterocycles. The first kappa shape index (κ1) is 15.7. The minimum absolute atomic E-state index is 0.305. The summed E-state index contributed by atoms with van der Waals surface area (Å²) in [5.74, 6) is 0.287. The molecule has 0 aliphatic carbocycles. The third-order valence-electron chi connectivity index (χ3n) is 3.22. The van der Waals surface area contributed by atoms with Crippen molar-refractivity contribution >= 4 is 11.6 Å². The van der Waals surface area contributed by atoms with E-state index in [1.165, 1.54) is 6.07 Å². The van der Waals surface area contributed by atoms with E-state index in [4.69, 9.17) is 16.3 Å². The normalized spacial score (nSPS) is 12.2. The maximum Gasteiger partial charge on any atom is 0.142 e. The lowest BCUT2D eigenvalue weighted by Crippen LogP contribution is -2.24. The number of benzene rings is 1. The standard InChI is InChI=1S/C16H18ClFN2O/c1-3-7-20-16(12-5-4-11(17)9-14(12)18)13-6-8-19-10-15(13)21-2/h4-6,8-10,16,20H,3,7H2,1-2H3.